The molecule has 0 saturated heterocycles. The van der Waals surface area contributed by atoms with E-state index in [9.17, 15) is 31.1 Å². The second-order valence-corrected chi connectivity index (χ2v) is 8.12. The summed E-state index contributed by atoms with van der Waals surface area (Å²) in [5, 5.41) is 2.34. The van der Waals surface area contributed by atoms with Crippen molar-refractivity contribution in [3.8, 4) is 0 Å². The molecule has 0 radical (unpaired) electrons. The predicted molar refractivity (Wildman–Crippen MR) is 113 cm³/mol. The zero-order valence-electron chi connectivity index (χ0n) is 16.3. The SMILES string of the molecule is Cc1cc(C(/C=C/c2ccc(CNC(=O)CC(F)(F)F)c(Cl)c2)C(F)(F)F)cc(Cl)c1Cl. The molecule has 0 fully saturated rings. The lowest BCUT2D eigenvalue weighted by molar-refractivity contribution is -0.153. The average Bonchev–Trinajstić information content (AvgIpc) is 2.63. The Balaban J connectivity index is 2.20. The number of allylic oxidation sites excluding steroid dienone is 1. The zero-order valence-corrected chi connectivity index (χ0v) is 18.6. The summed E-state index contributed by atoms with van der Waals surface area (Å²) in [6.07, 6.45) is -8.71. The summed E-state index contributed by atoms with van der Waals surface area (Å²) >= 11 is 17.9. The molecule has 1 N–H and O–H groups in total. The van der Waals surface area contributed by atoms with Crippen LogP contribution < -0.4 is 5.32 Å². The van der Waals surface area contributed by atoms with Crippen molar-refractivity contribution in [3.63, 3.8) is 0 Å². The van der Waals surface area contributed by atoms with Crippen LogP contribution in [-0.4, -0.2) is 18.3 Å². The molecule has 2 nitrogen and oxygen atoms in total. The van der Waals surface area contributed by atoms with E-state index in [1.54, 1.807) is 6.92 Å². The van der Waals surface area contributed by atoms with Crippen molar-refractivity contribution in [2.24, 2.45) is 0 Å². The minimum Gasteiger partial charge on any atom is -0.352 e. The number of amides is 1. The molecule has 0 aliphatic heterocycles. The van der Waals surface area contributed by atoms with E-state index in [0.29, 0.717) is 16.7 Å². The van der Waals surface area contributed by atoms with Crippen LogP contribution in [0.4, 0.5) is 26.3 Å². The molecular formula is C21H16Cl3F6NO. The maximum absolute atomic E-state index is 13.6. The van der Waals surface area contributed by atoms with Gasteiger partial charge in [0.25, 0.3) is 0 Å². The predicted octanol–water partition coefficient (Wildman–Crippen LogP) is 7.88. The molecule has 0 bridgehead atoms. The van der Waals surface area contributed by atoms with E-state index >= 15 is 0 Å². The lowest BCUT2D eigenvalue weighted by Crippen LogP contribution is -2.28. The van der Waals surface area contributed by atoms with Crippen LogP contribution in [0.3, 0.4) is 0 Å². The van der Waals surface area contributed by atoms with E-state index in [4.69, 9.17) is 34.8 Å². The van der Waals surface area contributed by atoms with Gasteiger partial charge in [-0.2, -0.15) is 26.3 Å². The molecule has 0 aromatic heterocycles. The summed E-state index contributed by atoms with van der Waals surface area (Å²) in [6.45, 7) is 1.28. The van der Waals surface area contributed by atoms with E-state index in [-0.39, 0.29) is 27.2 Å². The Morgan fingerprint density at radius 2 is 1.69 bits per heavy atom. The van der Waals surface area contributed by atoms with E-state index in [1.807, 2.05) is 0 Å². The number of alkyl halides is 6. The van der Waals surface area contributed by atoms with Crippen molar-refractivity contribution in [1.82, 2.24) is 5.32 Å². The molecule has 0 heterocycles. The van der Waals surface area contributed by atoms with Crippen LogP contribution in [0, 0.1) is 6.92 Å². The lowest BCUT2D eigenvalue weighted by atomic mass is 9.95. The molecule has 0 aliphatic carbocycles. The topological polar surface area (TPSA) is 29.1 Å². The Kier molecular flexibility index (Phi) is 8.53. The number of carbonyl (C=O) groups is 1. The van der Waals surface area contributed by atoms with Crippen molar-refractivity contribution in [1.29, 1.82) is 0 Å². The smallest absolute Gasteiger partial charge is 0.352 e. The van der Waals surface area contributed by atoms with Crippen molar-refractivity contribution in [2.45, 2.75) is 38.2 Å². The number of benzene rings is 2. The first-order valence-corrected chi connectivity index (χ1v) is 10.1. The van der Waals surface area contributed by atoms with Crippen LogP contribution >= 0.6 is 34.8 Å². The third-order valence-electron chi connectivity index (χ3n) is 4.34. The highest BCUT2D eigenvalue weighted by Gasteiger charge is 2.39. The van der Waals surface area contributed by atoms with Crippen LogP contribution in [0.2, 0.25) is 15.1 Å². The molecule has 32 heavy (non-hydrogen) atoms. The Hall–Kier alpha value is -1.90. The Labute approximate surface area is 195 Å². The van der Waals surface area contributed by atoms with Gasteiger partial charge in [0.15, 0.2) is 0 Å². The second kappa shape index (κ2) is 10.4. The molecule has 0 saturated carbocycles. The highest BCUT2D eigenvalue weighted by Crippen LogP contribution is 2.39. The quantitative estimate of drug-likeness (QED) is 0.387. The van der Waals surface area contributed by atoms with Crippen LogP contribution in [0.15, 0.2) is 36.4 Å². The molecule has 11 heteroatoms. The van der Waals surface area contributed by atoms with Gasteiger partial charge in [0.05, 0.1) is 16.0 Å². The molecule has 1 atom stereocenters. The number of carbonyl (C=O) groups excluding carboxylic acids is 1. The fourth-order valence-electron chi connectivity index (χ4n) is 2.80. The van der Waals surface area contributed by atoms with E-state index < -0.39 is 30.6 Å². The van der Waals surface area contributed by atoms with Crippen LogP contribution in [0.5, 0.6) is 0 Å². The van der Waals surface area contributed by atoms with Gasteiger partial charge < -0.3 is 5.32 Å². The molecule has 1 unspecified atom stereocenters. The largest absolute Gasteiger partial charge is 0.399 e. The normalized spacial score (nSPS) is 13.4. The van der Waals surface area contributed by atoms with Gasteiger partial charge >= 0.3 is 12.4 Å². The second-order valence-electron chi connectivity index (χ2n) is 6.93. The lowest BCUT2D eigenvalue weighted by Gasteiger charge is -2.19. The highest BCUT2D eigenvalue weighted by molar-refractivity contribution is 6.42. The van der Waals surface area contributed by atoms with Gasteiger partial charge in [-0.1, -0.05) is 65.2 Å². The maximum atomic E-state index is 13.6. The number of hydrogen-bond donors (Lipinski definition) is 1. The Morgan fingerprint density at radius 1 is 1.03 bits per heavy atom. The van der Waals surface area contributed by atoms with Crippen molar-refractivity contribution in [2.75, 3.05) is 0 Å². The first-order valence-electron chi connectivity index (χ1n) is 8.99. The van der Waals surface area contributed by atoms with Crippen LogP contribution in [0.1, 0.15) is 34.6 Å². The van der Waals surface area contributed by atoms with Crippen molar-refractivity contribution >= 4 is 46.8 Å². The van der Waals surface area contributed by atoms with Crippen LogP contribution in [0.25, 0.3) is 6.08 Å². The zero-order chi connectivity index (χ0) is 24.3. The minimum atomic E-state index is -4.63. The standard InChI is InChI=1S/C21H16Cl3F6NO/c1-11-6-14(8-17(23)19(11)24)15(21(28,29)30)5-3-12-2-4-13(16(22)7-12)10-31-18(32)9-20(25,26)27/h2-8,15H,9-10H2,1H3,(H,31,32)/b5-3+. The molecule has 0 aliphatic rings. The monoisotopic (exact) mass is 517 g/mol. The summed E-state index contributed by atoms with van der Waals surface area (Å²) in [5.41, 5.74) is 0.950. The molecule has 2 aromatic carbocycles. The molecule has 0 spiro atoms. The maximum Gasteiger partial charge on any atom is 0.399 e. The number of rotatable bonds is 6. The number of aryl methyl sites for hydroxylation is 1. The molecule has 2 rings (SSSR count). The fraction of sp³-hybridized carbons (Fsp3) is 0.286. The summed E-state index contributed by atoms with van der Waals surface area (Å²) < 4.78 is 77.5. The number of halogens is 9. The Bertz CT molecular complexity index is 995. The van der Waals surface area contributed by atoms with Crippen LogP contribution in [-0.2, 0) is 11.3 Å². The summed E-state index contributed by atoms with van der Waals surface area (Å²) in [7, 11) is 0. The van der Waals surface area contributed by atoms with E-state index in [0.717, 1.165) is 12.1 Å². The van der Waals surface area contributed by atoms with E-state index in [2.05, 4.69) is 5.32 Å². The summed E-state index contributed by atoms with van der Waals surface area (Å²) in [5.74, 6) is -3.18. The summed E-state index contributed by atoms with van der Waals surface area (Å²) in [4.78, 5) is 11.3. The van der Waals surface area contributed by atoms with Gasteiger partial charge in [-0.25, -0.2) is 0 Å². The van der Waals surface area contributed by atoms with Gasteiger partial charge in [0, 0.05) is 11.6 Å². The number of nitrogens with one attached hydrogen (secondary N) is 1. The Morgan fingerprint density at radius 3 is 2.22 bits per heavy atom. The molecule has 1 amide bonds. The van der Waals surface area contributed by atoms with Gasteiger partial charge in [0.2, 0.25) is 5.91 Å². The minimum absolute atomic E-state index is 0.00397. The molecule has 2 aromatic rings. The van der Waals surface area contributed by atoms with Gasteiger partial charge in [-0.15, -0.1) is 0 Å². The highest BCUT2D eigenvalue weighted by atomic mass is 35.5. The van der Waals surface area contributed by atoms with Gasteiger partial charge in [0.1, 0.15) is 6.42 Å². The van der Waals surface area contributed by atoms with Crippen molar-refractivity contribution in [3.05, 3.63) is 73.7 Å². The van der Waals surface area contributed by atoms with Gasteiger partial charge in [-0.05, 0) is 41.3 Å². The number of hydrogen-bond acceptors (Lipinski definition) is 1. The van der Waals surface area contributed by atoms with Gasteiger partial charge in [-0.3, -0.25) is 4.79 Å². The van der Waals surface area contributed by atoms with Crippen molar-refractivity contribution < 1.29 is 31.1 Å². The third-order valence-corrected chi connectivity index (χ3v) is 5.59. The first kappa shape index (κ1) is 26.4. The van der Waals surface area contributed by atoms with E-state index in [1.165, 1.54) is 30.3 Å². The fourth-order valence-corrected chi connectivity index (χ4v) is 3.44. The first-order chi connectivity index (χ1) is 14.7. The average molecular weight is 519 g/mol. The molecular weight excluding hydrogens is 503 g/mol. The summed E-state index contributed by atoms with van der Waals surface area (Å²) in [6, 6.07) is 6.63. The molecule has 174 valence electrons. The third kappa shape index (κ3) is 7.60.